The summed E-state index contributed by atoms with van der Waals surface area (Å²) >= 11 is 2.24. The summed E-state index contributed by atoms with van der Waals surface area (Å²) in [7, 11) is 0. The van der Waals surface area contributed by atoms with Crippen molar-refractivity contribution >= 4 is 45.8 Å². The van der Waals surface area contributed by atoms with E-state index in [-0.39, 0.29) is 12.3 Å². The maximum atomic E-state index is 12.2. The van der Waals surface area contributed by atoms with Crippen LogP contribution in [0, 0.1) is 17.4 Å². The van der Waals surface area contributed by atoms with E-state index in [4.69, 9.17) is 4.98 Å². The molecule has 0 saturated heterocycles. The number of nitrogens with zero attached hydrogens (tertiary/aromatic N) is 2. The van der Waals surface area contributed by atoms with Gasteiger partial charge in [-0.1, -0.05) is 6.07 Å². The maximum absolute atomic E-state index is 12.2. The van der Waals surface area contributed by atoms with Crippen LogP contribution >= 0.6 is 22.6 Å². The summed E-state index contributed by atoms with van der Waals surface area (Å²) in [5.41, 5.74) is 6.71. The second-order valence-electron chi connectivity index (χ2n) is 6.41. The molecule has 1 aliphatic heterocycles. The van der Waals surface area contributed by atoms with Crippen LogP contribution in [0.3, 0.4) is 0 Å². The Morgan fingerprint density at radius 1 is 1.12 bits per heavy atom. The third-order valence-corrected chi connectivity index (χ3v) is 5.16. The summed E-state index contributed by atoms with van der Waals surface area (Å²) in [6.07, 6.45) is 2.00. The Bertz CT molecular complexity index is 1030. The zero-order valence-electron chi connectivity index (χ0n) is 14.4. The Morgan fingerprint density at radius 2 is 1.96 bits per heavy atom. The molecule has 3 aromatic rings. The van der Waals surface area contributed by atoms with Gasteiger partial charge < -0.3 is 10.6 Å². The lowest BCUT2D eigenvalue weighted by molar-refractivity contribution is -0.115. The van der Waals surface area contributed by atoms with E-state index in [1.807, 2.05) is 24.3 Å². The van der Waals surface area contributed by atoms with E-state index in [0.29, 0.717) is 5.95 Å². The van der Waals surface area contributed by atoms with Gasteiger partial charge >= 0.3 is 0 Å². The number of aromatic nitrogens is 2. The van der Waals surface area contributed by atoms with Crippen LogP contribution in [0.15, 0.2) is 42.6 Å². The molecule has 0 bridgehead atoms. The third kappa shape index (κ3) is 3.29. The van der Waals surface area contributed by atoms with Crippen LogP contribution in [0.1, 0.15) is 16.7 Å². The normalized spacial score (nSPS) is 12.7. The van der Waals surface area contributed by atoms with Crippen LogP contribution in [-0.4, -0.2) is 15.9 Å². The minimum atomic E-state index is -0.0505. The molecule has 0 radical (unpaired) electrons. The van der Waals surface area contributed by atoms with Crippen LogP contribution in [0.5, 0.6) is 0 Å². The summed E-state index contributed by atoms with van der Waals surface area (Å²) in [5.74, 6) is 0.469. The number of amides is 1. The van der Waals surface area contributed by atoms with E-state index >= 15 is 0 Å². The van der Waals surface area contributed by atoms with Crippen LogP contribution in [0.4, 0.5) is 17.3 Å². The molecule has 0 unspecified atom stereocenters. The highest BCUT2D eigenvalue weighted by atomic mass is 127. The molecular formula is C20H17IN4O. The van der Waals surface area contributed by atoms with Gasteiger partial charge in [0.15, 0.2) is 0 Å². The Kier molecular flexibility index (Phi) is 4.36. The minimum Gasteiger partial charge on any atom is -0.325 e. The fourth-order valence-corrected chi connectivity index (χ4v) is 3.46. The van der Waals surface area contributed by atoms with Crippen molar-refractivity contribution in [2.24, 2.45) is 0 Å². The number of fused-ring (bicyclic) bond motifs is 3. The van der Waals surface area contributed by atoms with E-state index in [0.717, 1.165) is 31.8 Å². The van der Waals surface area contributed by atoms with Crippen molar-refractivity contribution in [3.05, 3.63) is 62.9 Å². The second kappa shape index (κ2) is 6.68. The molecule has 0 spiro atoms. The van der Waals surface area contributed by atoms with Gasteiger partial charge in [-0.05, 0) is 77.9 Å². The van der Waals surface area contributed by atoms with Gasteiger partial charge in [0, 0.05) is 26.6 Å². The van der Waals surface area contributed by atoms with Crippen molar-refractivity contribution in [2.75, 3.05) is 10.6 Å². The predicted octanol–water partition coefficient (Wildman–Crippen LogP) is 4.60. The molecule has 4 rings (SSSR count). The predicted molar refractivity (Wildman–Crippen MR) is 112 cm³/mol. The lowest BCUT2D eigenvalue weighted by Gasteiger charge is -2.11. The average molecular weight is 456 g/mol. The van der Waals surface area contributed by atoms with Crippen molar-refractivity contribution in [3.63, 3.8) is 0 Å². The van der Waals surface area contributed by atoms with Crippen LogP contribution in [0.25, 0.3) is 11.3 Å². The highest BCUT2D eigenvalue weighted by molar-refractivity contribution is 14.1. The topological polar surface area (TPSA) is 66.9 Å². The first-order valence-corrected chi connectivity index (χ1v) is 9.37. The lowest BCUT2D eigenvalue weighted by atomic mass is 10.1. The molecule has 0 fully saturated rings. The van der Waals surface area contributed by atoms with Gasteiger partial charge in [0.2, 0.25) is 11.9 Å². The molecule has 1 aliphatic rings. The smallest absolute Gasteiger partial charge is 0.228 e. The number of hydrogen-bond donors (Lipinski definition) is 2. The van der Waals surface area contributed by atoms with E-state index in [1.165, 1.54) is 11.1 Å². The summed E-state index contributed by atoms with van der Waals surface area (Å²) in [6.45, 7) is 4.16. The number of anilines is 3. The molecule has 130 valence electrons. The van der Waals surface area contributed by atoms with Gasteiger partial charge in [-0.25, -0.2) is 9.97 Å². The summed E-state index contributed by atoms with van der Waals surface area (Å²) in [5, 5.41) is 6.23. The number of rotatable bonds is 2. The maximum Gasteiger partial charge on any atom is 0.228 e. The molecule has 1 amide bonds. The molecule has 2 N–H and O–H groups in total. The van der Waals surface area contributed by atoms with Gasteiger partial charge in [-0.3, -0.25) is 4.79 Å². The van der Waals surface area contributed by atoms with Crippen molar-refractivity contribution in [2.45, 2.75) is 20.3 Å². The fourth-order valence-electron chi connectivity index (χ4n) is 2.97. The monoisotopic (exact) mass is 456 g/mol. The average Bonchev–Trinajstić information content (AvgIpc) is 2.73. The number of benzene rings is 2. The van der Waals surface area contributed by atoms with E-state index in [2.05, 4.69) is 64.2 Å². The van der Waals surface area contributed by atoms with E-state index < -0.39 is 0 Å². The first kappa shape index (κ1) is 17.0. The van der Waals surface area contributed by atoms with Gasteiger partial charge in [0.05, 0.1) is 17.8 Å². The first-order valence-electron chi connectivity index (χ1n) is 8.29. The Hall–Kier alpha value is -2.48. The molecule has 0 aliphatic carbocycles. The van der Waals surface area contributed by atoms with Gasteiger partial charge in [0.1, 0.15) is 0 Å². The molecule has 0 saturated carbocycles. The minimum absolute atomic E-state index is 0.0505. The van der Waals surface area contributed by atoms with Gasteiger partial charge in [-0.15, -0.1) is 0 Å². The third-order valence-electron chi connectivity index (χ3n) is 4.49. The standard InChI is InChI=1S/C20H17IN4O/c1-11-3-5-15(7-12(11)2)23-20-22-10-13-8-18(26)24-17-9-14(21)4-6-16(17)19(13)25-20/h3-7,9-10H,8H2,1-2H3,(H,24,26)(H,22,23,25). The molecule has 6 heteroatoms. The Labute approximate surface area is 165 Å². The quantitative estimate of drug-likeness (QED) is 0.554. The van der Waals surface area contributed by atoms with E-state index in [1.54, 1.807) is 6.20 Å². The SMILES string of the molecule is Cc1ccc(Nc2ncc3c(n2)-c2ccc(I)cc2NC(=O)C3)cc1C. The molecule has 5 nitrogen and oxygen atoms in total. The van der Waals surface area contributed by atoms with Crippen molar-refractivity contribution in [1.82, 2.24) is 9.97 Å². The molecule has 1 aromatic heterocycles. The molecular weight excluding hydrogens is 439 g/mol. The summed E-state index contributed by atoms with van der Waals surface area (Å²) in [4.78, 5) is 21.3. The number of hydrogen-bond acceptors (Lipinski definition) is 4. The number of carbonyl (C=O) groups is 1. The zero-order valence-corrected chi connectivity index (χ0v) is 16.6. The summed E-state index contributed by atoms with van der Waals surface area (Å²) < 4.78 is 1.06. The molecule has 26 heavy (non-hydrogen) atoms. The van der Waals surface area contributed by atoms with E-state index in [9.17, 15) is 4.79 Å². The molecule has 0 atom stereocenters. The van der Waals surface area contributed by atoms with Crippen LogP contribution in [-0.2, 0) is 11.2 Å². The summed E-state index contributed by atoms with van der Waals surface area (Å²) in [6, 6.07) is 12.1. The molecule has 2 aromatic carbocycles. The van der Waals surface area contributed by atoms with Crippen molar-refractivity contribution < 1.29 is 4.79 Å². The highest BCUT2D eigenvalue weighted by Gasteiger charge is 2.21. The number of aryl methyl sites for hydroxylation is 2. The largest absolute Gasteiger partial charge is 0.325 e. The van der Waals surface area contributed by atoms with Crippen LogP contribution in [0.2, 0.25) is 0 Å². The fraction of sp³-hybridized carbons (Fsp3) is 0.150. The number of halogens is 1. The molecule has 2 heterocycles. The highest BCUT2D eigenvalue weighted by Crippen LogP contribution is 2.34. The van der Waals surface area contributed by atoms with Gasteiger partial charge in [-0.2, -0.15) is 0 Å². The number of nitrogens with one attached hydrogen (secondary N) is 2. The number of carbonyl (C=O) groups excluding carboxylic acids is 1. The Balaban J connectivity index is 1.77. The Morgan fingerprint density at radius 3 is 2.77 bits per heavy atom. The van der Waals surface area contributed by atoms with Crippen LogP contribution < -0.4 is 10.6 Å². The van der Waals surface area contributed by atoms with Gasteiger partial charge in [0.25, 0.3) is 0 Å². The van der Waals surface area contributed by atoms with Crippen molar-refractivity contribution in [3.8, 4) is 11.3 Å². The first-order chi connectivity index (χ1) is 12.5. The zero-order chi connectivity index (χ0) is 18.3. The second-order valence-corrected chi connectivity index (χ2v) is 7.65. The lowest BCUT2D eigenvalue weighted by Crippen LogP contribution is -2.12. The van der Waals surface area contributed by atoms with Crippen molar-refractivity contribution in [1.29, 1.82) is 0 Å².